The molecule has 0 aromatic heterocycles. The minimum absolute atomic E-state index is 0.0191. The number of hydrogen-bond acceptors (Lipinski definition) is 3. The van der Waals surface area contributed by atoms with E-state index in [-0.39, 0.29) is 13.4 Å². The second-order valence-electron chi connectivity index (χ2n) is 4.23. The summed E-state index contributed by atoms with van der Waals surface area (Å²) in [4.78, 5) is 0. The molecule has 0 radical (unpaired) electrons. The van der Waals surface area contributed by atoms with E-state index >= 15 is 0 Å². The van der Waals surface area contributed by atoms with Crippen LogP contribution in [0.25, 0.3) is 0 Å². The first-order valence-corrected chi connectivity index (χ1v) is 6.43. The molecular weight excluding hydrogens is 271 g/mol. The third-order valence-corrected chi connectivity index (χ3v) is 2.60. The molecule has 0 saturated carbocycles. The number of benzene rings is 2. The summed E-state index contributed by atoms with van der Waals surface area (Å²) in [7, 11) is 0. The van der Waals surface area contributed by atoms with Gasteiger partial charge < -0.3 is 14.6 Å². The lowest BCUT2D eigenvalue weighted by Gasteiger charge is -2.08. The summed E-state index contributed by atoms with van der Waals surface area (Å²) in [6, 6.07) is 13.8. The van der Waals surface area contributed by atoms with Crippen LogP contribution >= 0.6 is 0 Å². The minimum atomic E-state index is -0.446. The lowest BCUT2D eigenvalue weighted by molar-refractivity contribution is 0.00489. The molecule has 0 aliphatic heterocycles. The third-order valence-electron chi connectivity index (χ3n) is 2.60. The molecule has 0 amide bonds. The van der Waals surface area contributed by atoms with Gasteiger partial charge in [-0.1, -0.05) is 42.2 Å². The van der Waals surface area contributed by atoms with E-state index in [0.29, 0.717) is 17.9 Å². The molecular formula is C17H15FO3. The van der Waals surface area contributed by atoms with Crippen molar-refractivity contribution in [1.82, 2.24) is 0 Å². The molecule has 0 aliphatic carbocycles. The Hall–Kier alpha value is -2.35. The first kappa shape index (κ1) is 15.0. The third kappa shape index (κ3) is 5.27. The van der Waals surface area contributed by atoms with Crippen molar-refractivity contribution in [1.29, 1.82) is 0 Å². The van der Waals surface area contributed by atoms with E-state index in [2.05, 4.69) is 11.8 Å². The van der Waals surface area contributed by atoms with Gasteiger partial charge in [-0.15, -0.1) is 0 Å². The zero-order valence-electron chi connectivity index (χ0n) is 11.4. The van der Waals surface area contributed by atoms with Gasteiger partial charge in [0.1, 0.15) is 18.2 Å². The van der Waals surface area contributed by atoms with Crippen molar-refractivity contribution in [3.8, 4) is 17.6 Å². The molecule has 3 nitrogen and oxygen atoms in total. The minimum Gasteiger partial charge on any atom is -0.467 e. The maximum atomic E-state index is 13.4. The Morgan fingerprint density at radius 1 is 1.10 bits per heavy atom. The fourth-order valence-electron chi connectivity index (χ4n) is 1.70. The molecule has 4 heteroatoms. The fraction of sp³-hybridized carbons (Fsp3) is 0.176. The van der Waals surface area contributed by atoms with E-state index in [1.54, 1.807) is 6.07 Å². The molecule has 0 fully saturated rings. The van der Waals surface area contributed by atoms with Crippen LogP contribution in [0.2, 0.25) is 0 Å². The zero-order valence-corrected chi connectivity index (χ0v) is 11.4. The lowest BCUT2D eigenvalue weighted by atomic mass is 10.2. The molecule has 21 heavy (non-hydrogen) atoms. The van der Waals surface area contributed by atoms with Gasteiger partial charge in [0.2, 0.25) is 0 Å². The van der Waals surface area contributed by atoms with Gasteiger partial charge in [-0.3, -0.25) is 0 Å². The van der Waals surface area contributed by atoms with Gasteiger partial charge in [-0.2, -0.15) is 0 Å². The maximum absolute atomic E-state index is 13.4. The first-order valence-electron chi connectivity index (χ1n) is 6.43. The Bertz CT molecular complexity index is 629. The van der Waals surface area contributed by atoms with Gasteiger partial charge >= 0.3 is 0 Å². The molecule has 0 unspecified atom stereocenters. The summed E-state index contributed by atoms with van der Waals surface area (Å²) in [5.74, 6) is 4.98. The van der Waals surface area contributed by atoms with Crippen molar-refractivity contribution in [2.75, 3.05) is 13.4 Å². The summed E-state index contributed by atoms with van der Waals surface area (Å²) < 4.78 is 24.1. The van der Waals surface area contributed by atoms with Gasteiger partial charge in [-0.25, -0.2) is 4.39 Å². The maximum Gasteiger partial charge on any atom is 0.189 e. The molecule has 2 aromatic carbocycles. The Morgan fingerprint density at radius 2 is 1.90 bits per heavy atom. The van der Waals surface area contributed by atoms with Crippen LogP contribution in [-0.4, -0.2) is 18.5 Å². The summed E-state index contributed by atoms with van der Waals surface area (Å²) >= 11 is 0. The number of rotatable bonds is 5. The highest BCUT2D eigenvalue weighted by atomic mass is 19.1. The van der Waals surface area contributed by atoms with Crippen molar-refractivity contribution in [3.05, 3.63) is 65.5 Å². The van der Waals surface area contributed by atoms with Gasteiger partial charge in [0.05, 0.1) is 6.61 Å². The first-order chi connectivity index (χ1) is 10.3. The smallest absolute Gasteiger partial charge is 0.189 e. The van der Waals surface area contributed by atoms with Crippen molar-refractivity contribution in [3.63, 3.8) is 0 Å². The van der Waals surface area contributed by atoms with E-state index < -0.39 is 5.82 Å². The summed E-state index contributed by atoms with van der Waals surface area (Å²) in [5, 5.41) is 8.63. The second-order valence-corrected chi connectivity index (χ2v) is 4.23. The highest BCUT2D eigenvalue weighted by Gasteiger charge is 2.01. The van der Waals surface area contributed by atoms with Crippen molar-refractivity contribution < 1.29 is 19.0 Å². The molecule has 0 heterocycles. The van der Waals surface area contributed by atoms with Gasteiger partial charge in [0.25, 0.3) is 0 Å². The number of aliphatic hydroxyl groups excluding tert-OH is 1. The van der Waals surface area contributed by atoms with Crippen molar-refractivity contribution >= 4 is 0 Å². The van der Waals surface area contributed by atoms with Crippen LogP contribution in [0, 0.1) is 17.7 Å². The Morgan fingerprint density at radius 3 is 2.67 bits per heavy atom. The topological polar surface area (TPSA) is 38.7 Å². The van der Waals surface area contributed by atoms with Gasteiger partial charge in [0.15, 0.2) is 6.79 Å². The van der Waals surface area contributed by atoms with Crippen LogP contribution in [0.5, 0.6) is 5.75 Å². The standard InChI is InChI=1S/C17H15FO3/c18-16-9-15(7-4-8-19)10-17(11-16)21-13-20-12-14-5-2-1-3-6-14/h1-3,5-6,9-11,19H,8,12-13H2. The molecule has 1 N–H and O–H groups in total. The second kappa shape index (κ2) is 8.05. The summed E-state index contributed by atoms with van der Waals surface area (Å²) in [6.07, 6.45) is 0. The largest absolute Gasteiger partial charge is 0.467 e. The highest BCUT2D eigenvalue weighted by Crippen LogP contribution is 2.16. The van der Waals surface area contributed by atoms with E-state index in [0.717, 1.165) is 5.56 Å². The van der Waals surface area contributed by atoms with Crippen LogP contribution in [0.3, 0.4) is 0 Å². The molecule has 0 spiro atoms. The molecule has 2 aromatic rings. The van der Waals surface area contributed by atoms with Crippen LogP contribution < -0.4 is 4.74 Å². The van der Waals surface area contributed by atoms with Crippen LogP contribution in [-0.2, 0) is 11.3 Å². The monoisotopic (exact) mass is 286 g/mol. The average Bonchev–Trinajstić information content (AvgIpc) is 2.50. The normalized spacial score (nSPS) is 9.81. The van der Waals surface area contributed by atoms with Crippen molar-refractivity contribution in [2.24, 2.45) is 0 Å². The average molecular weight is 286 g/mol. The van der Waals surface area contributed by atoms with Gasteiger partial charge in [0, 0.05) is 11.6 Å². The molecule has 108 valence electrons. The van der Waals surface area contributed by atoms with E-state index in [1.807, 2.05) is 30.3 Å². The van der Waals surface area contributed by atoms with Crippen LogP contribution in [0.4, 0.5) is 4.39 Å². The molecule has 0 bridgehead atoms. The lowest BCUT2D eigenvalue weighted by Crippen LogP contribution is -2.03. The van der Waals surface area contributed by atoms with Crippen LogP contribution in [0.1, 0.15) is 11.1 Å². The molecule has 0 saturated heterocycles. The highest BCUT2D eigenvalue weighted by molar-refractivity contribution is 5.40. The number of aliphatic hydroxyl groups is 1. The number of ether oxygens (including phenoxy) is 2. The predicted octanol–water partition coefficient (Wildman–Crippen LogP) is 2.72. The molecule has 0 aliphatic rings. The Balaban J connectivity index is 1.86. The molecule has 0 atom stereocenters. The van der Waals surface area contributed by atoms with E-state index in [4.69, 9.17) is 14.6 Å². The van der Waals surface area contributed by atoms with Gasteiger partial charge in [-0.05, 0) is 17.7 Å². The van der Waals surface area contributed by atoms with E-state index in [9.17, 15) is 4.39 Å². The fourth-order valence-corrected chi connectivity index (χ4v) is 1.70. The zero-order chi connectivity index (χ0) is 14.9. The Labute approximate surface area is 122 Å². The SMILES string of the molecule is OCC#Cc1cc(F)cc(OCOCc2ccccc2)c1. The number of halogens is 1. The summed E-state index contributed by atoms with van der Waals surface area (Å²) in [5.41, 5.74) is 1.48. The van der Waals surface area contributed by atoms with Crippen molar-refractivity contribution in [2.45, 2.75) is 6.61 Å². The quantitative estimate of drug-likeness (QED) is 0.522. The van der Waals surface area contributed by atoms with Crippen LogP contribution in [0.15, 0.2) is 48.5 Å². The predicted molar refractivity (Wildman–Crippen MR) is 77.1 cm³/mol. The van der Waals surface area contributed by atoms with E-state index in [1.165, 1.54) is 12.1 Å². The Kier molecular flexibility index (Phi) is 5.77. The molecule has 2 rings (SSSR count). The number of hydrogen-bond donors (Lipinski definition) is 1. The summed E-state index contributed by atoms with van der Waals surface area (Å²) in [6.45, 7) is 0.172.